The molecule has 4 aromatic rings. The zero-order chi connectivity index (χ0) is 34.9. The summed E-state index contributed by atoms with van der Waals surface area (Å²) in [5.41, 5.74) is 14.3. The van der Waals surface area contributed by atoms with Crippen molar-refractivity contribution in [2.45, 2.75) is 39.6 Å². The van der Waals surface area contributed by atoms with Gasteiger partial charge in [0, 0.05) is 58.6 Å². The summed E-state index contributed by atoms with van der Waals surface area (Å²) < 4.78 is 3.88. The van der Waals surface area contributed by atoms with Gasteiger partial charge in [-0.1, -0.05) is 11.6 Å². The third-order valence-electron chi connectivity index (χ3n) is 8.12. The van der Waals surface area contributed by atoms with E-state index in [1.165, 1.54) is 18.5 Å². The van der Waals surface area contributed by atoms with Gasteiger partial charge in [0.25, 0.3) is 23.5 Å². The number of carbonyl (C=O) groups is 3. The Morgan fingerprint density at radius 3 is 2.31 bits per heavy atom. The number of aromatic nitrogens is 5. The highest BCUT2D eigenvalue weighted by Crippen LogP contribution is 2.29. The Bertz CT molecular complexity index is 1890. The maximum Gasteiger partial charge on any atom is 0.277 e. The van der Waals surface area contributed by atoms with Crippen LogP contribution in [0.25, 0.3) is 11.0 Å². The zero-order valence-electron chi connectivity index (χ0n) is 27.1. The smallest absolute Gasteiger partial charge is 0.277 e. The molecule has 254 valence electrons. The molecule has 4 heterocycles. The van der Waals surface area contributed by atoms with E-state index < -0.39 is 12.0 Å². The molecule has 0 spiro atoms. The number of carbonyl (C=O) groups excluding carboxylic acids is 3. The monoisotopic (exact) mass is 680 g/mol. The SMILES string of the molecule is CC[n+]1c(CNC(=O)c2nc(Cl)c(N)nc2N)n(C[C@H](C)O)c2cc(N(C)C)c(C(=O)N3CCN(C(=O)c4cncc(O)c4)CC3)cc21. The number of imidazole rings is 1. The molecule has 3 aromatic heterocycles. The average Bonchev–Trinajstić information content (AvgIpc) is 3.34. The highest BCUT2D eigenvalue weighted by Gasteiger charge is 2.32. The molecule has 1 aromatic carbocycles. The Hall–Kier alpha value is -5.22. The molecule has 1 saturated heterocycles. The van der Waals surface area contributed by atoms with Crippen molar-refractivity contribution in [1.29, 1.82) is 0 Å². The van der Waals surface area contributed by atoms with E-state index in [1.54, 1.807) is 16.7 Å². The Kier molecular flexibility index (Phi) is 9.86. The molecular formula is C31H39ClN11O5+. The van der Waals surface area contributed by atoms with Crippen LogP contribution in [-0.4, -0.2) is 104 Å². The summed E-state index contributed by atoms with van der Waals surface area (Å²) in [7, 11) is 3.69. The first kappa shape index (κ1) is 34.1. The van der Waals surface area contributed by atoms with Crippen LogP contribution in [0.15, 0.2) is 30.6 Å². The summed E-state index contributed by atoms with van der Waals surface area (Å²) in [6, 6.07) is 5.11. The summed E-state index contributed by atoms with van der Waals surface area (Å²) in [4.78, 5) is 57.1. The number of nitrogen functional groups attached to an aromatic ring is 2. The fourth-order valence-electron chi connectivity index (χ4n) is 5.84. The van der Waals surface area contributed by atoms with Crippen LogP contribution in [0.2, 0.25) is 5.15 Å². The molecule has 0 bridgehead atoms. The Balaban J connectivity index is 1.46. The molecule has 7 N–H and O–H groups in total. The van der Waals surface area contributed by atoms with Gasteiger partial charge in [-0.05, 0) is 19.9 Å². The molecule has 1 aliphatic heterocycles. The van der Waals surface area contributed by atoms with Crippen molar-refractivity contribution in [2.24, 2.45) is 0 Å². The third-order valence-corrected chi connectivity index (χ3v) is 8.40. The number of aliphatic hydroxyl groups excluding tert-OH is 1. The fraction of sp³-hybridized carbons (Fsp3) is 0.387. The van der Waals surface area contributed by atoms with E-state index in [2.05, 4.69) is 20.3 Å². The summed E-state index contributed by atoms with van der Waals surface area (Å²) in [5, 5.41) is 22.9. The zero-order valence-corrected chi connectivity index (χ0v) is 27.9. The van der Waals surface area contributed by atoms with Gasteiger partial charge in [0.15, 0.2) is 33.5 Å². The van der Waals surface area contributed by atoms with Gasteiger partial charge in [0.2, 0.25) is 0 Å². The van der Waals surface area contributed by atoms with Crippen molar-refractivity contribution < 1.29 is 29.2 Å². The highest BCUT2D eigenvalue weighted by molar-refractivity contribution is 6.31. The molecule has 1 fully saturated rings. The molecule has 17 heteroatoms. The second-order valence-corrected chi connectivity index (χ2v) is 12.1. The molecule has 1 atom stereocenters. The van der Waals surface area contributed by atoms with Crippen LogP contribution >= 0.6 is 11.6 Å². The molecule has 0 saturated carbocycles. The number of nitrogens with zero attached hydrogens (tertiary/aromatic N) is 8. The standard InChI is InChI=1S/C31H38ClN11O5/c1-5-42-22-11-20(31(48)41-8-6-40(7-9-41)30(47)18-10-19(45)14-35-13-18)21(39(3)4)12-23(22)43(16-17(2)44)24(42)15-36-29(46)25-27(33)38-28(34)26(32)37-25/h10-14,17,44H,5-9,15-16H2,1-4H3,(H5-,33,34,36,38,45,46)/p+1/t17-/m0/s1. The topological polar surface area (TPSA) is 213 Å². The summed E-state index contributed by atoms with van der Waals surface area (Å²) in [6.45, 7) is 5.62. The maximum atomic E-state index is 14.1. The number of aromatic hydroxyl groups is 1. The Morgan fingerprint density at radius 1 is 1.04 bits per heavy atom. The highest BCUT2D eigenvalue weighted by atomic mass is 35.5. The number of amides is 3. The molecule has 48 heavy (non-hydrogen) atoms. The van der Waals surface area contributed by atoms with E-state index in [4.69, 9.17) is 23.1 Å². The number of hydrogen-bond donors (Lipinski definition) is 5. The van der Waals surface area contributed by atoms with E-state index in [9.17, 15) is 24.6 Å². The minimum atomic E-state index is -0.725. The second-order valence-electron chi connectivity index (χ2n) is 11.7. The first-order valence-electron chi connectivity index (χ1n) is 15.3. The van der Waals surface area contributed by atoms with E-state index in [0.717, 1.165) is 11.0 Å². The summed E-state index contributed by atoms with van der Waals surface area (Å²) in [6.07, 6.45) is 1.94. The van der Waals surface area contributed by atoms with Crippen molar-refractivity contribution in [1.82, 2.24) is 34.6 Å². The van der Waals surface area contributed by atoms with Gasteiger partial charge in [-0.2, -0.15) is 0 Å². The molecule has 0 aliphatic carbocycles. The number of pyridine rings is 1. The number of benzene rings is 1. The quantitative estimate of drug-likeness (QED) is 0.155. The van der Waals surface area contributed by atoms with Crippen LogP contribution in [0.4, 0.5) is 17.3 Å². The minimum absolute atomic E-state index is 0.0302. The van der Waals surface area contributed by atoms with Gasteiger partial charge in [0.1, 0.15) is 18.8 Å². The maximum absolute atomic E-state index is 14.1. The molecule has 5 rings (SSSR count). The van der Waals surface area contributed by atoms with E-state index in [1.807, 2.05) is 47.2 Å². The van der Waals surface area contributed by atoms with Gasteiger partial charge >= 0.3 is 0 Å². The van der Waals surface area contributed by atoms with E-state index in [-0.39, 0.29) is 58.7 Å². The number of halogens is 1. The van der Waals surface area contributed by atoms with Crippen LogP contribution < -0.4 is 26.3 Å². The number of nitrogens with one attached hydrogen (secondary N) is 1. The van der Waals surface area contributed by atoms with Crippen molar-refractivity contribution in [3.8, 4) is 5.75 Å². The number of nitrogens with two attached hydrogens (primary N) is 2. The lowest BCUT2D eigenvalue weighted by Crippen LogP contribution is -2.50. The van der Waals surface area contributed by atoms with E-state index in [0.29, 0.717) is 49.8 Å². The molecule has 1 aliphatic rings. The lowest BCUT2D eigenvalue weighted by atomic mass is 10.1. The number of anilines is 3. The third kappa shape index (κ3) is 6.75. The van der Waals surface area contributed by atoms with Crippen LogP contribution in [-0.2, 0) is 19.6 Å². The van der Waals surface area contributed by atoms with Gasteiger partial charge < -0.3 is 41.7 Å². The molecule has 0 unspecified atom stereocenters. The Morgan fingerprint density at radius 2 is 1.71 bits per heavy atom. The van der Waals surface area contributed by atoms with Crippen LogP contribution in [0, 0.1) is 0 Å². The number of rotatable bonds is 9. The van der Waals surface area contributed by atoms with Crippen LogP contribution in [0.3, 0.4) is 0 Å². The molecule has 16 nitrogen and oxygen atoms in total. The van der Waals surface area contributed by atoms with Crippen molar-refractivity contribution >= 4 is 57.7 Å². The first-order chi connectivity index (χ1) is 22.8. The van der Waals surface area contributed by atoms with E-state index >= 15 is 0 Å². The largest absolute Gasteiger partial charge is 0.506 e. The van der Waals surface area contributed by atoms with Gasteiger partial charge in [-0.15, -0.1) is 0 Å². The van der Waals surface area contributed by atoms with Crippen LogP contribution in [0.1, 0.15) is 50.9 Å². The van der Waals surface area contributed by atoms with Crippen molar-refractivity contribution in [3.63, 3.8) is 0 Å². The average molecular weight is 681 g/mol. The predicted octanol–water partition coefficient (Wildman–Crippen LogP) is 0.632. The molecular weight excluding hydrogens is 642 g/mol. The number of aliphatic hydroxyl groups is 1. The lowest BCUT2D eigenvalue weighted by molar-refractivity contribution is -0.676. The predicted molar refractivity (Wildman–Crippen MR) is 179 cm³/mol. The molecule has 0 radical (unpaired) electrons. The molecule has 3 amide bonds. The van der Waals surface area contributed by atoms with Crippen LogP contribution in [0.5, 0.6) is 5.75 Å². The van der Waals surface area contributed by atoms with Crippen molar-refractivity contribution in [3.05, 3.63) is 58.4 Å². The van der Waals surface area contributed by atoms with Gasteiger partial charge in [0.05, 0.1) is 35.7 Å². The van der Waals surface area contributed by atoms with Gasteiger partial charge in [-0.3, -0.25) is 19.4 Å². The summed E-state index contributed by atoms with van der Waals surface area (Å²) >= 11 is 5.99. The minimum Gasteiger partial charge on any atom is -0.506 e. The number of aryl methyl sites for hydroxylation is 1. The fourth-order valence-corrected chi connectivity index (χ4v) is 5.96. The second kappa shape index (κ2) is 13.9. The first-order valence-corrected chi connectivity index (χ1v) is 15.7. The number of hydrogen-bond acceptors (Lipinski definition) is 11. The normalized spacial score (nSPS) is 13.9. The van der Waals surface area contributed by atoms with Crippen molar-refractivity contribution in [2.75, 3.05) is 56.6 Å². The lowest BCUT2D eigenvalue weighted by Gasteiger charge is -2.35. The Labute approximate surface area is 281 Å². The number of piperazine rings is 1. The van der Waals surface area contributed by atoms with Gasteiger partial charge in [-0.25, -0.2) is 19.1 Å². The number of fused-ring (bicyclic) bond motifs is 1. The summed E-state index contributed by atoms with van der Waals surface area (Å²) in [5.74, 6) is -0.750.